The second-order valence-electron chi connectivity index (χ2n) is 9.81. The van der Waals surface area contributed by atoms with Gasteiger partial charge in [-0.25, -0.2) is 4.99 Å². The highest BCUT2D eigenvalue weighted by atomic mass is 16.2. The van der Waals surface area contributed by atoms with E-state index in [1.165, 1.54) is 62.6 Å². The summed E-state index contributed by atoms with van der Waals surface area (Å²) in [6.07, 6.45) is 16.0. The zero-order chi connectivity index (χ0) is 25.8. The number of unbranched alkanes of at least 4 members (excludes halogenated alkanes) is 6. The van der Waals surface area contributed by atoms with E-state index in [0.717, 1.165) is 24.2 Å². The second-order valence-corrected chi connectivity index (χ2v) is 9.81. The van der Waals surface area contributed by atoms with Crippen LogP contribution in [0.2, 0.25) is 0 Å². The number of benzene rings is 2. The van der Waals surface area contributed by atoms with Crippen molar-refractivity contribution in [2.24, 2.45) is 4.99 Å². The van der Waals surface area contributed by atoms with Crippen molar-refractivity contribution in [1.29, 1.82) is 0 Å². The molecule has 36 heavy (non-hydrogen) atoms. The molecule has 0 radical (unpaired) electrons. The van der Waals surface area contributed by atoms with Crippen LogP contribution in [0.5, 0.6) is 0 Å². The molecule has 0 aliphatic carbocycles. The Hall–Kier alpha value is -3.14. The van der Waals surface area contributed by atoms with Gasteiger partial charge in [-0.2, -0.15) is 0 Å². The summed E-state index contributed by atoms with van der Waals surface area (Å²) >= 11 is 0. The molecule has 0 bridgehead atoms. The van der Waals surface area contributed by atoms with Crippen molar-refractivity contribution in [3.63, 3.8) is 0 Å². The van der Waals surface area contributed by atoms with Crippen LogP contribution in [-0.4, -0.2) is 36.8 Å². The van der Waals surface area contributed by atoms with Gasteiger partial charge in [-0.1, -0.05) is 100 Å². The smallest absolute Gasteiger partial charge is 0.277 e. The summed E-state index contributed by atoms with van der Waals surface area (Å²) < 4.78 is 0. The number of carbonyl (C=O) groups is 1. The SMILES string of the molecule is CCCCCCN(CCCCCC)c1ccc(/C=C2N=C(/C=C/c3cccc(C)c3)N(C)C\2=O)cc1. The van der Waals surface area contributed by atoms with Crippen LogP contribution in [0.15, 0.2) is 65.3 Å². The number of carbonyl (C=O) groups excluding carboxylic acids is 1. The molecule has 192 valence electrons. The summed E-state index contributed by atoms with van der Waals surface area (Å²) in [5.41, 5.74) is 5.05. The van der Waals surface area contributed by atoms with Crippen LogP contribution in [0.4, 0.5) is 5.69 Å². The first kappa shape index (κ1) is 27.4. The topological polar surface area (TPSA) is 35.9 Å². The van der Waals surface area contributed by atoms with Crippen LogP contribution >= 0.6 is 0 Å². The van der Waals surface area contributed by atoms with Crippen LogP contribution in [0.1, 0.15) is 81.9 Å². The number of anilines is 1. The number of amidine groups is 1. The Bertz CT molecular complexity index is 1050. The van der Waals surface area contributed by atoms with Gasteiger partial charge < -0.3 is 4.90 Å². The highest BCUT2D eigenvalue weighted by Crippen LogP contribution is 2.22. The van der Waals surface area contributed by atoms with E-state index in [1.807, 2.05) is 24.3 Å². The Morgan fingerprint density at radius 1 is 0.833 bits per heavy atom. The Labute approximate surface area is 218 Å². The van der Waals surface area contributed by atoms with Gasteiger partial charge in [0, 0.05) is 25.8 Å². The van der Waals surface area contributed by atoms with Gasteiger partial charge in [0.25, 0.3) is 5.91 Å². The highest BCUT2D eigenvalue weighted by molar-refractivity contribution is 6.18. The molecule has 0 N–H and O–H groups in total. The van der Waals surface area contributed by atoms with Gasteiger partial charge in [0.15, 0.2) is 0 Å². The van der Waals surface area contributed by atoms with E-state index in [0.29, 0.717) is 11.5 Å². The molecule has 4 nitrogen and oxygen atoms in total. The molecular weight excluding hydrogens is 442 g/mol. The van der Waals surface area contributed by atoms with Gasteiger partial charge >= 0.3 is 0 Å². The quantitative estimate of drug-likeness (QED) is 0.201. The van der Waals surface area contributed by atoms with Crippen LogP contribution in [0.3, 0.4) is 0 Å². The van der Waals surface area contributed by atoms with Gasteiger partial charge in [0.2, 0.25) is 0 Å². The van der Waals surface area contributed by atoms with Gasteiger partial charge in [0.1, 0.15) is 11.5 Å². The third kappa shape index (κ3) is 8.22. The number of aliphatic imine (C=N–C) groups is 1. The average Bonchev–Trinajstić information content (AvgIpc) is 3.15. The predicted octanol–water partition coefficient (Wildman–Crippen LogP) is 7.89. The number of hydrogen-bond donors (Lipinski definition) is 0. The Morgan fingerprint density at radius 3 is 2.11 bits per heavy atom. The number of amides is 1. The molecule has 2 aromatic carbocycles. The normalized spacial score (nSPS) is 14.8. The van der Waals surface area contributed by atoms with E-state index in [2.05, 4.69) is 73.1 Å². The lowest BCUT2D eigenvalue weighted by Gasteiger charge is -2.25. The molecular formula is C32H43N3O. The van der Waals surface area contributed by atoms with E-state index in [-0.39, 0.29) is 5.91 Å². The largest absolute Gasteiger partial charge is 0.372 e. The zero-order valence-corrected chi connectivity index (χ0v) is 22.7. The molecule has 0 saturated heterocycles. The van der Waals surface area contributed by atoms with E-state index < -0.39 is 0 Å². The van der Waals surface area contributed by atoms with Crippen molar-refractivity contribution < 1.29 is 4.79 Å². The molecule has 1 amide bonds. The van der Waals surface area contributed by atoms with Crippen LogP contribution in [0.25, 0.3) is 12.2 Å². The molecule has 0 saturated carbocycles. The molecule has 0 unspecified atom stereocenters. The van der Waals surface area contributed by atoms with Gasteiger partial charge in [-0.3, -0.25) is 9.69 Å². The van der Waals surface area contributed by atoms with Crippen LogP contribution < -0.4 is 4.90 Å². The lowest BCUT2D eigenvalue weighted by molar-refractivity contribution is -0.121. The molecule has 1 heterocycles. The number of rotatable bonds is 14. The molecule has 0 fully saturated rings. The number of nitrogens with zero attached hydrogens (tertiary/aromatic N) is 3. The molecule has 1 aliphatic heterocycles. The summed E-state index contributed by atoms with van der Waals surface area (Å²) in [4.78, 5) is 21.6. The summed E-state index contributed by atoms with van der Waals surface area (Å²) in [6, 6.07) is 16.9. The van der Waals surface area contributed by atoms with E-state index >= 15 is 0 Å². The number of likely N-dealkylation sites (N-methyl/N-ethyl adjacent to an activating group) is 1. The highest BCUT2D eigenvalue weighted by Gasteiger charge is 2.25. The van der Waals surface area contributed by atoms with Crippen molar-refractivity contribution in [3.8, 4) is 0 Å². The minimum atomic E-state index is -0.0727. The van der Waals surface area contributed by atoms with Crippen molar-refractivity contribution in [2.75, 3.05) is 25.0 Å². The number of aryl methyl sites for hydroxylation is 1. The van der Waals surface area contributed by atoms with Crippen molar-refractivity contribution >= 4 is 29.6 Å². The fourth-order valence-corrected chi connectivity index (χ4v) is 4.48. The zero-order valence-electron chi connectivity index (χ0n) is 22.7. The van der Waals surface area contributed by atoms with E-state index in [9.17, 15) is 4.79 Å². The summed E-state index contributed by atoms with van der Waals surface area (Å²) in [6.45, 7) is 8.81. The van der Waals surface area contributed by atoms with Gasteiger partial charge in [-0.05, 0) is 55.2 Å². The third-order valence-corrected chi connectivity index (χ3v) is 6.69. The molecule has 0 atom stereocenters. The van der Waals surface area contributed by atoms with Crippen molar-refractivity contribution in [1.82, 2.24) is 4.90 Å². The van der Waals surface area contributed by atoms with E-state index in [1.54, 1.807) is 11.9 Å². The Kier molecular flexibility index (Phi) is 11.0. The monoisotopic (exact) mass is 485 g/mol. The summed E-state index contributed by atoms with van der Waals surface area (Å²) in [5.74, 6) is 0.589. The average molecular weight is 486 g/mol. The van der Waals surface area contributed by atoms with Crippen molar-refractivity contribution in [3.05, 3.63) is 77.0 Å². The van der Waals surface area contributed by atoms with E-state index in [4.69, 9.17) is 0 Å². The number of hydrogen-bond acceptors (Lipinski definition) is 3. The molecule has 1 aliphatic rings. The fourth-order valence-electron chi connectivity index (χ4n) is 4.48. The minimum absolute atomic E-state index is 0.0727. The van der Waals surface area contributed by atoms with Crippen molar-refractivity contribution in [2.45, 2.75) is 72.1 Å². The van der Waals surface area contributed by atoms with Crippen LogP contribution in [-0.2, 0) is 4.79 Å². The standard InChI is InChI=1S/C32H43N3O/c1-5-7-9-11-22-35(23-12-10-8-6-2)29-19-16-28(17-20-29)25-30-32(36)34(4)31(33-30)21-18-27-15-13-14-26(3)24-27/h13-21,24-25H,5-12,22-23H2,1-4H3/b21-18+,30-25-. The Morgan fingerprint density at radius 2 is 1.50 bits per heavy atom. The molecule has 0 spiro atoms. The third-order valence-electron chi connectivity index (χ3n) is 6.69. The summed E-state index contributed by atoms with van der Waals surface area (Å²) in [5, 5.41) is 0. The molecule has 0 aromatic heterocycles. The lowest BCUT2D eigenvalue weighted by Crippen LogP contribution is -2.26. The Balaban J connectivity index is 1.70. The second kappa shape index (κ2) is 14.4. The maximum atomic E-state index is 12.8. The van der Waals surface area contributed by atoms with Gasteiger partial charge in [0.05, 0.1) is 0 Å². The fraction of sp³-hybridized carbons (Fsp3) is 0.438. The maximum Gasteiger partial charge on any atom is 0.277 e. The first-order valence-electron chi connectivity index (χ1n) is 13.7. The summed E-state index contributed by atoms with van der Waals surface area (Å²) in [7, 11) is 1.78. The molecule has 3 rings (SSSR count). The lowest BCUT2D eigenvalue weighted by atomic mass is 10.1. The molecule has 2 aromatic rings. The maximum absolute atomic E-state index is 12.8. The first-order valence-corrected chi connectivity index (χ1v) is 13.7. The molecule has 4 heteroatoms. The van der Waals surface area contributed by atoms with Crippen LogP contribution in [0, 0.1) is 6.92 Å². The van der Waals surface area contributed by atoms with Gasteiger partial charge in [-0.15, -0.1) is 0 Å². The minimum Gasteiger partial charge on any atom is -0.372 e. The first-order chi connectivity index (χ1) is 17.5. The predicted molar refractivity (Wildman–Crippen MR) is 155 cm³/mol.